The Morgan fingerprint density at radius 1 is 0.955 bits per heavy atom. The van der Waals surface area contributed by atoms with Crippen molar-refractivity contribution in [2.24, 2.45) is 0 Å². The van der Waals surface area contributed by atoms with Crippen molar-refractivity contribution < 1.29 is 4.65 Å². The normalized spacial score (nSPS) is 19.5. The minimum Gasteiger partial charge on any atom is -0.420 e. The zero-order valence-electron chi connectivity index (χ0n) is 13.3. The van der Waals surface area contributed by atoms with Gasteiger partial charge in [0.2, 0.25) is 0 Å². The summed E-state index contributed by atoms with van der Waals surface area (Å²) in [4.78, 5) is 1.34. The third-order valence-electron chi connectivity index (χ3n) is 5.14. The van der Waals surface area contributed by atoms with Crippen molar-refractivity contribution in [3.8, 4) is 0 Å². The highest BCUT2D eigenvalue weighted by Gasteiger charge is 2.59. The van der Waals surface area contributed by atoms with Crippen LogP contribution in [0.5, 0.6) is 0 Å². The summed E-state index contributed by atoms with van der Waals surface area (Å²) in [6.07, 6.45) is 0.215. The lowest BCUT2D eigenvalue weighted by atomic mass is 9.49. The first-order valence-electron chi connectivity index (χ1n) is 7.65. The van der Waals surface area contributed by atoms with Crippen LogP contribution in [0.2, 0.25) is 5.31 Å². The lowest BCUT2D eigenvalue weighted by molar-refractivity contribution is -0.00482. The van der Waals surface area contributed by atoms with E-state index in [2.05, 4.69) is 70.2 Å². The number of thiophene rings is 1. The number of benzene rings is 2. The van der Waals surface area contributed by atoms with Gasteiger partial charge in [0.15, 0.2) is 0 Å². The number of fused-ring (bicyclic) bond motifs is 3. The predicted octanol–water partition coefficient (Wildman–Crippen LogP) is 6.22. The van der Waals surface area contributed by atoms with Gasteiger partial charge in [0.05, 0.1) is 0 Å². The average molecular weight is 326 g/mol. The van der Waals surface area contributed by atoms with Crippen LogP contribution in [0.25, 0.3) is 20.2 Å². The first-order chi connectivity index (χ1) is 10.4. The second-order valence-electron chi connectivity index (χ2n) is 7.03. The van der Waals surface area contributed by atoms with Crippen LogP contribution in [0, 0.1) is 0 Å². The summed E-state index contributed by atoms with van der Waals surface area (Å²) in [7, 11) is 0. The number of rotatable bonds is 2. The van der Waals surface area contributed by atoms with E-state index in [4.69, 9.17) is 4.65 Å². The van der Waals surface area contributed by atoms with E-state index in [0.29, 0.717) is 0 Å². The number of hydrogen-bond acceptors (Lipinski definition) is 3. The van der Waals surface area contributed by atoms with Crippen molar-refractivity contribution in [1.29, 1.82) is 0 Å². The monoisotopic (exact) mass is 326 g/mol. The molecule has 2 aromatic carbocycles. The molecule has 4 heteroatoms. The molecule has 0 N–H and O–H groups in total. The van der Waals surface area contributed by atoms with E-state index in [1.807, 2.05) is 22.9 Å². The van der Waals surface area contributed by atoms with Crippen LogP contribution in [0.1, 0.15) is 27.7 Å². The lowest BCUT2D eigenvalue weighted by Crippen LogP contribution is -2.59. The first kappa shape index (κ1) is 14.6. The van der Waals surface area contributed by atoms with Crippen LogP contribution in [-0.4, -0.2) is 11.8 Å². The van der Waals surface area contributed by atoms with Gasteiger partial charge in [-0.1, -0.05) is 38.1 Å². The Labute approximate surface area is 140 Å². The van der Waals surface area contributed by atoms with Crippen LogP contribution >= 0.6 is 22.9 Å². The van der Waals surface area contributed by atoms with Gasteiger partial charge in [0, 0.05) is 36.0 Å². The summed E-state index contributed by atoms with van der Waals surface area (Å²) in [5.41, 5.74) is -0.0464. The molecule has 0 unspecified atom stereocenters. The van der Waals surface area contributed by atoms with E-state index in [9.17, 15) is 0 Å². The maximum atomic E-state index is 6.15. The zero-order chi connectivity index (χ0) is 15.5. The van der Waals surface area contributed by atoms with Crippen molar-refractivity contribution in [2.75, 3.05) is 0 Å². The van der Waals surface area contributed by atoms with Gasteiger partial charge in [0.25, 0.3) is 0 Å². The molecule has 22 heavy (non-hydrogen) atoms. The molecule has 3 aromatic rings. The van der Waals surface area contributed by atoms with E-state index < -0.39 is 0 Å². The zero-order valence-corrected chi connectivity index (χ0v) is 15.0. The SMILES string of the molecule is CC1(C)OB(Sc2cccc3sc4ccccc4c23)C1(C)C. The third kappa shape index (κ3) is 1.97. The molecule has 112 valence electrons. The minimum atomic E-state index is -0.0464. The summed E-state index contributed by atoms with van der Waals surface area (Å²) in [6, 6.07) is 15.3. The largest absolute Gasteiger partial charge is 0.420 e. The summed E-state index contributed by atoms with van der Waals surface area (Å²) in [6.45, 7) is 8.98. The van der Waals surface area contributed by atoms with Crippen molar-refractivity contribution in [2.45, 2.75) is 43.5 Å². The Bertz CT molecular complexity index is 866. The van der Waals surface area contributed by atoms with Gasteiger partial charge in [0.1, 0.15) is 0 Å². The van der Waals surface area contributed by atoms with E-state index in [1.165, 1.54) is 25.1 Å². The second kappa shape index (κ2) is 4.76. The molecular weight excluding hydrogens is 307 g/mol. The predicted molar refractivity (Wildman–Crippen MR) is 100 cm³/mol. The van der Waals surface area contributed by atoms with Gasteiger partial charge >= 0.3 is 6.19 Å². The molecule has 1 aliphatic heterocycles. The van der Waals surface area contributed by atoms with Crippen LogP contribution in [0.15, 0.2) is 47.4 Å². The number of hydrogen-bond donors (Lipinski definition) is 0. The smallest absolute Gasteiger partial charge is 0.375 e. The van der Waals surface area contributed by atoms with Crippen LogP contribution < -0.4 is 0 Å². The van der Waals surface area contributed by atoms with E-state index in [-0.39, 0.29) is 17.1 Å². The van der Waals surface area contributed by atoms with E-state index in [1.54, 1.807) is 0 Å². The summed E-state index contributed by atoms with van der Waals surface area (Å²) < 4.78 is 8.87. The third-order valence-corrected chi connectivity index (χ3v) is 7.77. The van der Waals surface area contributed by atoms with Gasteiger partial charge < -0.3 is 4.65 Å². The first-order valence-corrected chi connectivity index (χ1v) is 9.34. The van der Waals surface area contributed by atoms with Crippen LogP contribution in [0.4, 0.5) is 0 Å². The lowest BCUT2D eigenvalue weighted by Gasteiger charge is -2.56. The molecule has 2 heterocycles. The topological polar surface area (TPSA) is 9.23 Å². The van der Waals surface area contributed by atoms with Gasteiger partial charge in [-0.05, 0) is 32.0 Å². The maximum absolute atomic E-state index is 6.15. The Balaban J connectivity index is 1.80. The molecule has 0 bridgehead atoms. The minimum absolute atomic E-state index is 0.0464. The molecule has 0 radical (unpaired) electrons. The van der Waals surface area contributed by atoms with Gasteiger partial charge in [-0.15, -0.1) is 22.9 Å². The molecule has 0 spiro atoms. The molecule has 0 amide bonds. The molecule has 0 aliphatic carbocycles. The van der Waals surface area contributed by atoms with Crippen molar-refractivity contribution in [3.63, 3.8) is 0 Å². The van der Waals surface area contributed by atoms with E-state index in [0.717, 1.165) is 0 Å². The van der Waals surface area contributed by atoms with Gasteiger partial charge in [-0.2, -0.15) is 0 Å². The molecular formula is C18H19BOS2. The highest BCUT2D eigenvalue weighted by molar-refractivity contribution is 8.25. The molecule has 1 aromatic heterocycles. The summed E-state index contributed by atoms with van der Waals surface area (Å²) in [5, 5.41) is 2.92. The van der Waals surface area contributed by atoms with Crippen LogP contribution in [0.3, 0.4) is 0 Å². The van der Waals surface area contributed by atoms with Crippen molar-refractivity contribution >= 4 is 49.3 Å². The fraction of sp³-hybridized carbons (Fsp3) is 0.333. The maximum Gasteiger partial charge on any atom is 0.375 e. The molecule has 0 atom stereocenters. The standard InChI is InChI=1S/C18H19BOS2/c1-17(2)18(3,4)20-19(17)22-15-11-7-10-14-16(15)12-8-5-6-9-13(12)21-14/h5-11H,1-4H3. The van der Waals surface area contributed by atoms with Crippen molar-refractivity contribution in [1.82, 2.24) is 0 Å². The fourth-order valence-electron chi connectivity index (χ4n) is 2.92. The Morgan fingerprint density at radius 3 is 2.41 bits per heavy atom. The molecule has 0 saturated carbocycles. The average Bonchev–Trinajstić information content (AvgIpc) is 2.86. The molecule has 1 fully saturated rings. The molecule has 1 saturated heterocycles. The summed E-state index contributed by atoms with van der Waals surface area (Å²) in [5.74, 6) is 0. The highest BCUT2D eigenvalue weighted by Crippen LogP contribution is 2.58. The Hall–Kier alpha value is -0.965. The van der Waals surface area contributed by atoms with Crippen molar-refractivity contribution in [3.05, 3.63) is 42.5 Å². The van der Waals surface area contributed by atoms with E-state index >= 15 is 0 Å². The van der Waals surface area contributed by atoms with Gasteiger partial charge in [-0.25, -0.2) is 0 Å². The fourth-order valence-corrected chi connectivity index (χ4v) is 5.71. The Morgan fingerprint density at radius 2 is 1.68 bits per heavy atom. The quantitative estimate of drug-likeness (QED) is 0.517. The molecule has 4 rings (SSSR count). The highest BCUT2D eigenvalue weighted by atomic mass is 32.2. The summed E-state index contributed by atoms with van der Waals surface area (Å²) >= 11 is 3.75. The van der Waals surface area contributed by atoms with Gasteiger partial charge in [-0.3, -0.25) is 0 Å². The molecule has 1 nitrogen and oxygen atoms in total. The van der Waals surface area contributed by atoms with Crippen LogP contribution in [-0.2, 0) is 4.65 Å². The second-order valence-corrected chi connectivity index (χ2v) is 9.21. The molecule has 1 aliphatic rings. The Kier molecular flexibility index (Phi) is 3.17.